The molecule has 1 amide bonds. The first-order valence-electron chi connectivity index (χ1n) is 7.00. The maximum atomic E-state index is 12.3. The highest BCUT2D eigenvalue weighted by molar-refractivity contribution is 8.01. The maximum Gasteiger partial charge on any atom is 0.233 e. The molecular formula is C15H20N2O2S2. The minimum absolute atomic E-state index is 0.0997. The molecule has 0 spiro atoms. The van der Waals surface area contributed by atoms with Crippen LogP contribution in [0.25, 0.3) is 10.2 Å². The van der Waals surface area contributed by atoms with Gasteiger partial charge in [-0.3, -0.25) is 4.79 Å². The second-order valence-electron chi connectivity index (χ2n) is 4.99. The van der Waals surface area contributed by atoms with E-state index in [1.807, 2.05) is 43.0 Å². The van der Waals surface area contributed by atoms with Crippen molar-refractivity contribution in [2.45, 2.75) is 30.6 Å². The highest BCUT2D eigenvalue weighted by Gasteiger charge is 2.17. The number of amides is 1. The number of rotatable bonds is 7. The van der Waals surface area contributed by atoms with Gasteiger partial charge in [0, 0.05) is 19.2 Å². The number of aliphatic hydroxyl groups is 1. The zero-order valence-electron chi connectivity index (χ0n) is 12.3. The number of aliphatic hydroxyl groups excluding tert-OH is 1. The molecule has 0 aliphatic rings. The van der Waals surface area contributed by atoms with Gasteiger partial charge in [-0.2, -0.15) is 0 Å². The number of hydrogen-bond acceptors (Lipinski definition) is 5. The summed E-state index contributed by atoms with van der Waals surface area (Å²) in [6, 6.07) is 8.15. The van der Waals surface area contributed by atoms with Crippen LogP contribution in [0.1, 0.15) is 20.3 Å². The van der Waals surface area contributed by atoms with E-state index in [-0.39, 0.29) is 18.6 Å². The molecule has 21 heavy (non-hydrogen) atoms. The van der Waals surface area contributed by atoms with Crippen LogP contribution >= 0.6 is 23.1 Å². The SMILES string of the molecule is CC(C)N(CCCO)C(=O)CSc1nc2ccccc2s1. The fraction of sp³-hybridized carbons (Fsp3) is 0.467. The Kier molecular flexibility index (Phi) is 6.02. The summed E-state index contributed by atoms with van der Waals surface area (Å²) in [5, 5.41) is 8.92. The molecule has 0 unspecified atom stereocenters. The van der Waals surface area contributed by atoms with E-state index in [1.165, 1.54) is 11.8 Å². The molecule has 1 aromatic heterocycles. The van der Waals surface area contributed by atoms with E-state index in [2.05, 4.69) is 4.98 Å². The van der Waals surface area contributed by atoms with Gasteiger partial charge >= 0.3 is 0 Å². The minimum atomic E-state index is 0.0997. The Balaban J connectivity index is 1.95. The van der Waals surface area contributed by atoms with Gasteiger partial charge in [-0.05, 0) is 32.4 Å². The third-order valence-electron chi connectivity index (χ3n) is 3.09. The maximum absolute atomic E-state index is 12.3. The number of aromatic nitrogens is 1. The number of thioether (sulfide) groups is 1. The van der Waals surface area contributed by atoms with E-state index in [0.717, 1.165) is 14.6 Å². The van der Waals surface area contributed by atoms with Crippen LogP contribution in [-0.4, -0.2) is 45.8 Å². The van der Waals surface area contributed by atoms with Gasteiger partial charge in [0.05, 0.1) is 16.0 Å². The van der Waals surface area contributed by atoms with Crippen LogP contribution in [-0.2, 0) is 4.79 Å². The van der Waals surface area contributed by atoms with Gasteiger partial charge < -0.3 is 10.0 Å². The van der Waals surface area contributed by atoms with Crippen LogP contribution in [0.4, 0.5) is 0 Å². The predicted molar refractivity (Wildman–Crippen MR) is 88.9 cm³/mol. The quantitative estimate of drug-likeness (QED) is 0.796. The van der Waals surface area contributed by atoms with E-state index >= 15 is 0 Å². The highest BCUT2D eigenvalue weighted by Crippen LogP contribution is 2.29. The summed E-state index contributed by atoms with van der Waals surface area (Å²) in [6.07, 6.45) is 0.621. The molecule has 1 heterocycles. The lowest BCUT2D eigenvalue weighted by molar-refractivity contribution is -0.130. The van der Waals surface area contributed by atoms with Crippen LogP contribution in [0.2, 0.25) is 0 Å². The van der Waals surface area contributed by atoms with E-state index in [0.29, 0.717) is 18.7 Å². The van der Waals surface area contributed by atoms with E-state index in [1.54, 1.807) is 11.3 Å². The number of hydrogen-bond donors (Lipinski definition) is 1. The monoisotopic (exact) mass is 324 g/mol. The van der Waals surface area contributed by atoms with Gasteiger partial charge in [0.25, 0.3) is 0 Å². The number of thiazole rings is 1. The zero-order chi connectivity index (χ0) is 15.2. The van der Waals surface area contributed by atoms with Crippen LogP contribution in [0, 0.1) is 0 Å². The van der Waals surface area contributed by atoms with Crippen LogP contribution in [0.15, 0.2) is 28.6 Å². The second kappa shape index (κ2) is 7.77. The summed E-state index contributed by atoms with van der Waals surface area (Å²) in [5.41, 5.74) is 0.985. The Hall–Kier alpha value is -1.11. The van der Waals surface area contributed by atoms with Gasteiger partial charge in [0.15, 0.2) is 4.34 Å². The van der Waals surface area contributed by atoms with Crippen LogP contribution in [0.5, 0.6) is 0 Å². The molecular weight excluding hydrogens is 304 g/mol. The van der Waals surface area contributed by atoms with E-state index in [9.17, 15) is 4.79 Å². The van der Waals surface area contributed by atoms with Crippen molar-refractivity contribution in [2.24, 2.45) is 0 Å². The minimum Gasteiger partial charge on any atom is -0.396 e. The van der Waals surface area contributed by atoms with E-state index in [4.69, 9.17) is 5.11 Å². The number of para-hydroxylation sites is 1. The summed E-state index contributed by atoms with van der Waals surface area (Å²) in [6.45, 7) is 4.71. The average Bonchev–Trinajstić information content (AvgIpc) is 2.88. The fourth-order valence-corrected chi connectivity index (χ4v) is 3.99. The van der Waals surface area contributed by atoms with Crippen molar-refractivity contribution in [3.63, 3.8) is 0 Å². The third kappa shape index (κ3) is 4.43. The fourth-order valence-electron chi connectivity index (χ4n) is 2.03. The summed E-state index contributed by atoms with van der Waals surface area (Å²) in [7, 11) is 0. The summed E-state index contributed by atoms with van der Waals surface area (Å²) < 4.78 is 2.07. The highest BCUT2D eigenvalue weighted by atomic mass is 32.2. The van der Waals surface area contributed by atoms with Gasteiger partial charge in [0.2, 0.25) is 5.91 Å². The third-order valence-corrected chi connectivity index (χ3v) is 5.26. The van der Waals surface area contributed by atoms with Crippen LogP contribution in [0.3, 0.4) is 0 Å². The zero-order valence-corrected chi connectivity index (χ0v) is 13.9. The van der Waals surface area contributed by atoms with Gasteiger partial charge in [-0.15, -0.1) is 11.3 Å². The molecule has 0 radical (unpaired) electrons. The smallest absolute Gasteiger partial charge is 0.233 e. The number of nitrogens with zero attached hydrogens (tertiary/aromatic N) is 2. The molecule has 0 saturated heterocycles. The van der Waals surface area contributed by atoms with E-state index < -0.39 is 0 Å². The molecule has 1 aromatic carbocycles. The molecule has 0 aliphatic carbocycles. The lowest BCUT2D eigenvalue weighted by Gasteiger charge is -2.26. The Morgan fingerprint density at radius 3 is 2.86 bits per heavy atom. The van der Waals surface area contributed by atoms with Crippen molar-refractivity contribution < 1.29 is 9.90 Å². The number of fused-ring (bicyclic) bond motifs is 1. The lowest BCUT2D eigenvalue weighted by atomic mass is 10.3. The van der Waals surface area contributed by atoms with Gasteiger partial charge in [-0.25, -0.2) is 4.98 Å². The Morgan fingerprint density at radius 1 is 1.43 bits per heavy atom. The number of benzene rings is 1. The van der Waals surface area contributed by atoms with Gasteiger partial charge in [0.1, 0.15) is 0 Å². The standard InChI is InChI=1S/C15H20N2O2S2/c1-11(2)17(8-5-9-18)14(19)10-20-15-16-12-6-3-4-7-13(12)21-15/h3-4,6-7,11,18H,5,8-10H2,1-2H3. The molecule has 4 nitrogen and oxygen atoms in total. The topological polar surface area (TPSA) is 53.4 Å². The number of carbonyl (C=O) groups is 1. The molecule has 0 fully saturated rings. The van der Waals surface area contributed by atoms with Crippen molar-refractivity contribution >= 4 is 39.2 Å². The predicted octanol–water partition coefficient (Wildman–Crippen LogP) is 3.01. The Bertz CT molecular complexity index is 565. The molecule has 0 aliphatic heterocycles. The molecule has 2 rings (SSSR count). The summed E-state index contributed by atoms with van der Waals surface area (Å²) in [4.78, 5) is 18.6. The van der Waals surface area contributed by atoms with Crippen molar-refractivity contribution in [3.05, 3.63) is 24.3 Å². The molecule has 1 N–H and O–H groups in total. The Labute approximate surface area is 133 Å². The summed E-state index contributed by atoms with van der Waals surface area (Å²) >= 11 is 3.11. The molecule has 6 heteroatoms. The van der Waals surface area contributed by atoms with Crippen molar-refractivity contribution in [1.82, 2.24) is 9.88 Å². The average molecular weight is 324 g/mol. The number of carbonyl (C=O) groups excluding carboxylic acids is 1. The first-order valence-corrected chi connectivity index (χ1v) is 8.80. The molecule has 0 saturated carbocycles. The molecule has 114 valence electrons. The van der Waals surface area contributed by atoms with Crippen molar-refractivity contribution in [3.8, 4) is 0 Å². The normalized spacial score (nSPS) is 11.2. The van der Waals surface area contributed by atoms with Crippen LogP contribution < -0.4 is 0 Å². The van der Waals surface area contributed by atoms with Crippen molar-refractivity contribution in [2.75, 3.05) is 18.9 Å². The second-order valence-corrected chi connectivity index (χ2v) is 7.25. The molecule has 0 bridgehead atoms. The Morgan fingerprint density at radius 2 is 2.19 bits per heavy atom. The molecule has 2 aromatic rings. The largest absolute Gasteiger partial charge is 0.396 e. The van der Waals surface area contributed by atoms with Crippen molar-refractivity contribution in [1.29, 1.82) is 0 Å². The summed E-state index contributed by atoms with van der Waals surface area (Å²) in [5.74, 6) is 0.492. The van der Waals surface area contributed by atoms with Gasteiger partial charge in [-0.1, -0.05) is 23.9 Å². The molecule has 0 atom stereocenters. The first kappa shape index (κ1) is 16.3. The first-order chi connectivity index (χ1) is 10.1. The lowest BCUT2D eigenvalue weighted by Crippen LogP contribution is -2.39.